The van der Waals surface area contributed by atoms with E-state index in [0.29, 0.717) is 30.6 Å². The molecule has 3 heterocycles. The van der Waals surface area contributed by atoms with Gasteiger partial charge in [0.2, 0.25) is 11.9 Å². The van der Waals surface area contributed by atoms with E-state index < -0.39 is 6.17 Å². The first-order valence-electron chi connectivity index (χ1n) is 11.4. The first-order chi connectivity index (χ1) is 15.1. The number of hydrogen-bond acceptors (Lipinski definition) is 6. The Labute approximate surface area is 182 Å². The maximum Gasteiger partial charge on any atom is 0.227 e. The molecule has 1 unspecified atom stereocenters. The standard InChI is InChI=1S/C23H31FN6O/c1-2-16(24)13-26-23-27-15-19(22(29-23)28-17-7-4-3-5-8-17)20-11-10-18(14-25-20)30-12-6-9-21(30)31/h10-11,14-17H,2-9,12-13H2,1H3,(H2,26,27,28,29). The van der Waals surface area contributed by atoms with Gasteiger partial charge in [0.25, 0.3) is 0 Å². The lowest BCUT2D eigenvalue weighted by molar-refractivity contribution is -0.117. The fraction of sp³-hybridized carbons (Fsp3) is 0.565. The average molecular weight is 427 g/mol. The van der Waals surface area contributed by atoms with Crippen molar-refractivity contribution in [3.05, 3.63) is 24.5 Å². The molecule has 2 aliphatic rings. The van der Waals surface area contributed by atoms with E-state index in [-0.39, 0.29) is 12.5 Å². The van der Waals surface area contributed by atoms with Crippen molar-refractivity contribution in [2.24, 2.45) is 0 Å². The van der Waals surface area contributed by atoms with Gasteiger partial charge < -0.3 is 15.5 Å². The summed E-state index contributed by atoms with van der Waals surface area (Å²) in [6, 6.07) is 4.20. The van der Waals surface area contributed by atoms with Crippen LogP contribution in [0, 0.1) is 0 Å². The van der Waals surface area contributed by atoms with Gasteiger partial charge in [0.1, 0.15) is 12.0 Å². The van der Waals surface area contributed by atoms with Gasteiger partial charge in [0, 0.05) is 31.7 Å². The molecule has 1 saturated heterocycles. The van der Waals surface area contributed by atoms with Crippen LogP contribution in [-0.2, 0) is 4.79 Å². The molecule has 0 aromatic carbocycles. The van der Waals surface area contributed by atoms with Gasteiger partial charge in [-0.05, 0) is 37.8 Å². The number of carbonyl (C=O) groups excluding carboxylic acids is 1. The van der Waals surface area contributed by atoms with E-state index in [0.717, 1.165) is 42.8 Å². The van der Waals surface area contributed by atoms with Gasteiger partial charge in [-0.15, -0.1) is 0 Å². The summed E-state index contributed by atoms with van der Waals surface area (Å²) in [5, 5.41) is 6.58. The third-order valence-electron chi connectivity index (χ3n) is 6.07. The zero-order chi connectivity index (χ0) is 21.6. The highest BCUT2D eigenvalue weighted by molar-refractivity contribution is 5.95. The zero-order valence-electron chi connectivity index (χ0n) is 18.1. The molecule has 31 heavy (non-hydrogen) atoms. The zero-order valence-corrected chi connectivity index (χ0v) is 18.1. The van der Waals surface area contributed by atoms with Crippen molar-refractivity contribution in [3.8, 4) is 11.3 Å². The van der Waals surface area contributed by atoms with Crippen LogP contribution in [0.5, 0.6) is 0 Å². The minimum absolute atomic E-state index is 0.145. The van der Waals surface area contributed by atoms with Crippen molar-refractivity contribution in [2.45, 2.75) is 70.5 Å². The first-order valence-corrected chi connectivity index (χ1v) is 11.4. The first kappa shape index (κ1) is 21.5. The van der Waals surface area contributed by atoms with Gasteiger partial charge in [-0.3, -0.25) is 9.78 Å². The summed E-state index contributed by atoms with van der Waals surface area (Å²) in [6.45, 7) is 2.75. The highest BCUT2D eigenvalue weighted by Gasteiger charge is 2.22. The van der Waals surface area contributed by atoms with Crippen LogP contribution in [0.3, 0.4) is 0 Å². The number of pyridine rings is 1. The minimum atomic E-state index is -0.930. The fourth-order valence-electron chi connectivity index (χ4n) is 4.18. The van der Waals surface area contributed by atoms with Crippen molar-refractivity contribution in [2.75, 3.05) is 28.6 Å². The number of anilines is 3. The summed E-state index contributed by atoms with van der Waals surface area (Å²) in [4.78, 5) is 27.4. The van der Waals surface area contributed by atoms with Crippen LogP contribution in [-0.4, -0.2) is 46.2 Å². The van der Waals surface area contributed by atoms with E-state index in [1.165, 1.54) is 19.3 Å². The lowest BCUT2D eigenvalue weighted by Gasteiger charge is -2.24. The van der Waals surface area contributed by atoms with E-state index in [2.05, 4.69) is 25.6 Å². The molecule has 1 aliphatic carbocycles. The smallest absolute Gasteiger partial charge is 0.227 e. The summed E-state index contributed by atoms with van der Waals surface area (Å²) in [6.07, 6.45) is 10.4. The molecule has 1 amide bonds. The second kappa shape index (κ2) is 10.0. The number of alkyl halides is 1. The third kappa shape index (κ3) is 5.29. The predicted octanol–water partition coefficient (Wildman–Crippen LogP) is 4.57. The average Bonchev–Trinajstić information content (AvgIpc) is 3.24. The number of hydrogen-bond donors (Lipinski definition) is 2. The number of amides is 1. The molecule has 0 bridgehead atoms. The topological polar surface area (TPSA) is 83.0 Å². The van der Waals surface area contributed by atoms with Crippen LogP contribution in [0.2, 0.25) is 0 Å². The van der Waals surface area contributed by atoms with Crippen LogP contribution < -0.4 is 15.5 Å². The second-order valence-corrected chi connectivity index (χ2v) is 8.37. The van der Waals surface area contributed by atoms with E-state index in [9.17, 15) is 9.18 Å². The number of halogens is 1. The monoisotopic (exact) mass is 426 g/mol. The van der Waals surface area contributed by atoms with Crippen molar-refractivity contribution in [3.63, 3.8) is 0 Å². The number of nitrogens with zero attached hydrogens (tertiary/aromatic N) is 4. The Balaban J connectivity index is 1.57. The van der Waals surface area contributed by atoms with Crippen LogP contribution >= 0.6 is 0 Å². The van der Waals surface area contributed by atoms with E-state index in [1.54, 1.807) is 17.3 Å². The molecule has 1 atom stereocenters. The van der Waals surface area contributed by atoms with Crippen LogP contribution in [0.15, 0.2) is 24.5 Å². The molecule has 8 heteroatoms. The second-order valence-electron chi connectivity index (χ2n) is 8.37. The Morgan fingerprint density at radius 1 is 1.16 bits per heavy atom. The highest BCUT2D eigenvalue weighted by Crippen LogP contribution is 2.30. The number of aromatic nitrogens is 3. The summed E-state index contributed by atoms with van der Waals surface area (Å²) < 4.78 is 13.7. The van der Waals surface area contributed by atoms with Crippen molar-refractivity contribution in [1.29, 1.82) is 0 Å². The Kier molecular flexibility index (Phi) is 6.94. The number of nitrogens with one attached hydrogen (secondary N) is 2. The largest absolute Gasteiger partial charge is 0.367 e. The SMILES string of the molecule is CCC(F)CNc1ncc(-c2ccc(N3CCCC3=O)cn2)c(NC2CCCCC2)n1. The molecule has 166 valence electrons. The summed E-state index contributed by atoms with van der Waals surface area (Å²) in [7, 11) is 0. The van der Waals surface area contributed by atoms with Gasteiger partial charge in [-0.1, -0.05) is 26.2 Å². The number of carbonyl (C=O) groups is 1. The molecule has 0 radical (unpaired) electrons. The van der Waals surface area contributed by atoms with Crippen LogP contribution in [0.4, 0.5) is 21.8 Å². The predicted molar refractivity (Wildman–Crippen MR) is 121 cm³/mol. The van der Waals surface area contributed by atoms with Crippen molar-refractivity contribution in [1.82, 2.24) is 15.0 Å². The summed E-state index contributed by atoms with van der Waals surface area (Å²) >= 11 is 0. The molecule has 7 nitrogen and oxygen atoms in total. The quantitative estimate of drug-likeness (QED) is 0.643. The van der Waals surface area contributed by atoms with Crippen LogP contribution in [0.25, 0.3) is 11.3 Å². The Morgan fingerprint density at radius 3 is 2.68 bits per heavy atom. The maximum absolute atomic E-state index is 13.7. The van der Waals surface area contributed by atoms with Gasteiger partial charge in [0.05, 0.1) is 23.1 Å². The Bertz CT molecular complexity index is 884. The van der Waals surface area contributed by atoms with Crippen LogP contribution in [0.1, 0.15) is 58.3 Å². The Hall–Kier alpha value is -2.77. The van der Waals surface area contributed by atoms with Crippen molar-refractivity contribution < 1.29 is 9.18 Å². The van der Waals surface area contributed by atoms with E-state index in [1.807, 2.05) is 19.1 Å². The molecule has 2 aromatic heterocycles. The molecule has 4 rings (SSSR count). The molecule has 2 fully saturated rings. The molecule has 0 spiro atoms. The maximum atomic E-state index is 13.7. The summed E-state index contributed by atoms with van der Waals surface area (Å²) in [5.74, 6) is 1.28. The fourth-order valence-corrected chi connectivity index (χ4v) is 4.18. The molecular weight excluding hydrogens is 395 g/mol. The molecule has 1 saturated carbocycles. The third-order valence-corrected chi connectivity index (χ3v) is 6.07. The molecular formula is C23H31FN6O. The molecule has 2 aromatic rings. The molecule has 2 N–H and O–H groups in total. The van der Waals surface area contributed by atoms with E-state index in [4.69, 9.17) is 0 Å². The number of rotatable bonds is 8. The Morgan fingerprint density at radius 2 is 2.00 bits per heavy atom. The molecule has 1 aliphatic heterocycles. The van der Waals surface area contributed by atoms with Gasteiger partial charge >= 0.3 is 0 Å². The van der Waals surface area contributed by atoms with Gasteiger partial charge in [0.15, 0.2) is 0 Å². The summed E-state index contributed by atoms with van der Waals surface area (Å²) in [5.41, 5.74) is 2.38. The van der Waals surface area contributed by atoms with E-state index >= 15 is 0 Å². The highest BCUT2D eigenvalue weighted by atomic mass is 19.1. The lowest BCUT2D eigenvalue weighted by atomic mass is 9.95. The lowest BCUT2D eigenvalue weighted by Crippen LogP contribution is -2.24. The van der Waals surface area contributed by atoms with Gasteiger partial charge in [-0.25, -0.2) is 9.37 Å². The minimum Gasteiger partial charge on any atom is -0.367 e. The normalized spacial score (nSPS) is 18.3. The van der Waals surface area contributed by atoms with Crippen molar-refractivity contribution >= 4 is 23.4 Å². The van der Waals surface area contributed by atoms with Gasteiger partial charge in [-0.2, -0.15) is 4.98 Å².